The van der Waals surface area contributed by atoms with Crippen molar-refractivity contribution in [1.82, 2.24) is 10.2 Å². The summed E-state index contributed by atoms with van der Waals surface area (Å²) >= 11 is 3.24. The van der Waals surface area contributed by atoms with Gasteiger partial charge >= 0.3 is 0 Å². The molecule has 112 valence electrons. The second kappa shape index (κ2) is 6.39. The molecular weight excluding hydrogens is 339 g/mol. The number of hydrogen-bond acceptors (Lipinski definition) is 2. The Morgan fingerprint density at radius 1 is 1.57 bits per heavy atom. The summed E-state index contributed by atoms with van der Waals surface area (Å²) in [5, 5.41) is 2.47. The number of nitrogens with one attached hydrogen (secondary N) is 1. The van der Waals surface area contributed by atoms with Crippen molar-refractivity contribution in [2.75, 3.05) is 6.54 Å². The topological polar surface area (TPSA) is 49.4 Å². The van der Waals surface area contributed by atoms with Gasteiger partial charge in [0.05, 0.1) is 11.0 Å². The maximum absolute atomic E-state index is 13.6. The average Bonchev–Trinajstić information content (AvgIpc) is 2.48. The first-order valence-electron chi connectivity index (χ1n) is 6.59. The lowest BCUT2D eigenvalue weighted by molar-refractivity contribution is -0.134. The summed E-state index contributed by atoms with van der Waals surface area (Å²) in [7, 11) is 0. The van der Waals surface area contributed by atoms with Crippen molar-refractivity contribution in [3.05, 3.63) is 46.2 Å². The van der Waals surface area contributed by atoms with Crippen LogP contribution >= 0.6 is 15.9 Å². The second-order valence-corrected chi connectivity index (χ2v) is 5.79. The van der Waals surface area contributed by atoms with E-state index in [2.05, 4.69) is 27.8 Å². The molecule has 1 unspecified atom stereocenters. The number of hydrogen-bond donors (Lipinski definition) is 1. The van der Waals surface area contributed by atoms with Gasteiger partial charge in [0, 0.05) is 12.6 Å². The van der Waals surface area contributed by atoms with Crippen LogP contribution in [0.15, 0.2) is 29.3 Å². The minimum atomic E-state index is -0.388. The van der Waals surface area contributed by atoms with Crippen molar-refractivity contribution >= 4 is 27.7 Å². The molecule has 0 aromatic heterocycles. The number of rotatable bonds is 3. The number of carbonyl (C=O) groups is 2. The van der Waals surface area contributed by atoms with Gasteiger partial charge in [-0.2, -0.15) is 0 Å². The molecule has 1 atom stereocenters. The van der Waals surface area contributed by atoms with E-state index in [1.165, 1.54) is 6.07 Å². The van der Waals surface area contributed by atoms with Crippen molar-refractivity contribution in [3.63, 3.8) is 0 Å². The monoisotopic (exact) mass is 354 g/mol. The highest BCUT2D eigenvalue weighted by Crippen LogP contribution is 2.31. The summed E-state index contributed by atoms with van der Waals surface area (Å²) in [5.74, 6) is -0.921. The third-order valence-corrected chi connectivity index (χ3v) is 4.45. The van der Waals surface area contributed by atoms with Gasteiger partial charge in [0.15, 0.2) is 0 Å². The summed E-state index contributed by atoms with van der Waals surface area (Å²) in [6, 6.07) is 3.19. The Morgan fingerprint density at radius 2 is 2.29 bits per heavy atom. The SMILES string of the molecule is C=CC(=O)NCC(=O)N1Cc2c(ccc(F)c2Br)CC1C. The van der Waals surface area contributed by atoms with Gasteiger partial charge in [-0.15, -0.1) is 0 Å². The van der Waals surface area contributed by atoms with Gasteiger partial charge in [-0.25, -0.2) is 4.39 Å². The zero-order chi connectivity index (χ0) is 15.6. The molecule has 1 N–H and O–H groups in total. The van der Waals surface area contributed by atoms with Crippen molar-refractivity contribution in [2.45, 2.75) is 25.9 Å². The number of halogens is 2. The predicted octanol–water partition coefficient (Wildman–Crippen LogP) is 2.16. The normalized spacial score (nSPS) is 17.1. The van der Waals surface area contributed by atoms with Crippen LogP contribution in [0.3, 0.4) is 0 Å². The average molecular weight is 355 g/mol. The first kappa shape index (κ1) is 15.7. The van der Waals surface area contributed by atoms with Crippen LogP contribution in [0.25, 0.3) is 0 Å². The molecule has 1 heterocycles. The van der Waals surface area contributed by atoms with Crippen LogP contribution in [-0.2, 0) is 22.6 Å². The third-order valence-electron chi connectivity index (χ3n) is 3.59. The lowest BCUT2D eigenvalue weighted by atomic mass is 9.94. The van der Waals surface area contributed by atoms with Crippen LogP contribution in [0.4, 0.5) is 4.39 Å². The molecule has 6 heteroatoms. The minimum absolute atomic E-state index is 0.00277. The molecule has 21 heavy (non-hydrogen) atoms. The number of fused-ring (bicyclic) bond motifs is 1. The van der Waals surface area contributed by atoms with Gasteiger partial charge < -0.3 is 10.2 Å². The molecular formula is C15H16BrFN2O2. The molecule has 1 aromatic rings. The molecule has 0 spiro atoms. The fourth-order valence-corrected chi connectivity index (χ4v) is 2.93. The zero-order valence-corrected chi connectivity index (χ0v) is 13.2. The molecule has 0 radical (unpaired) electrons. The van der Waals surface area contributed by atoms with Gasteiger partial charge in [-0.3, -0.25) is 9.59 Å². The lowest BCUT2D eigenvalue weighted by Gasteiger charge is -2.35. The molecule has 0 aliphatic carbocycles. The highest BCUT2D eigenvalue weighted by molar-refractivity contribution is 9.10. The van der Waals surface area contributed by atoms with Crippen molar-refractivity contribution < 1.29 is 14.0 Å². The summed E-state index contributed by atoms with van der Waals surface area (Å²) in [5.41, 5.74) is 1.83. The van der Waals surface area contributed by atoms with E-state index < -0.39 is 0 Å². The zero-order valence-electron chi connectivity index (χ0n) is 11.7. The van der Waals surface area contributed by atoms with Crippen LogP contribution in [0.5, 0.6) is 0 Å². The first-order chi connectivity index (χ1) is 9.93. The Morgan fingerprint density at radius 3 is 2.95 bits per heavy atom. The van der Waals surface area contributed by atoms with E-state index in [1.807, 2.05) is 6.92 Å². The van der Waals surface area contributed by atoms with Crippen LogP contribution in [0, 0.1) is 5.82 Å². The molecule has 0 fully saturated rings. The van der Waals surface area contributed by atoms with E-state index in [0.29, 0.717) is 17.4 Å². The van der Waals surface area contributed by atoms with Gasteiger partial charge in [0.1, 0.15) is 5.82 Å². The van der Waals surface area contributed by atoms with Gasteiger partial charge in [0.25, 0.3) is 0 Å². The highest BCUT2D eigenvalue weighted by atomic mass is 79.9. The Bertz CT molecular complexity index is 604. The van der Waals surface area contributed by atoms with Crippen LogP contribution in [-0.4, -0.2) is 29.3 Å². The molecule has 0 saturated heterocycles. The Hall–Kier alpha value is -1.69. The first-order valence-corrected chi connectivity index (χ1v) is 7.38. The van der Waals surface area contributed by atoms with E-state index >= 15 is 0 Å². The fourth-order valence-electron chi connectivity index (χ4n) is 2.42. The molecule has 1 aromatic carbocycles. The Labute approximate surface area is 131 Å². The molecule has 1 aliphatic rings. The van der Waals surface area contributed by atoms with Crippen LogP contribution in [0.2, 0.25) is 0 Å². The largest absolute Gasteiger partial charge is 0.343 e. The lowest BCUT2D eigenvalue weighted by Crippen LogP contribution is -2.47. The highest BCUT2D eigenvalue weighted by Gasteiger charge is 2.28. The molecule has 0 bridgehead atoms. The molecule has 2 amide bonds. The van der Waals surface area contributed by atoms with E-state index in [9.17, 15) is 14.0 Å². The Balaban J connectivity index is 2.15. The summed E-state index contributed by atoms with van der Waals surface area (Å²) in [6.07, 6.45) is 1.78. The van der Waals surface area contributed by atoms with Crippen LogP contribution < -0.4 is 5.32 Å². The summed E-state index contributed by atoms with van der Waals surface area (Å²) in [6.45, 7) is 5.52. The number of amides is 2. The van der Waals surface area contributed by atoms with Crippen molar-refractivity contribution in [2.24, 2.45) is 0 Å². The molecule has 0 saturated carbocycles. The Kier molecular flexibility index (Phi) is 4.77. The van der Waals surface area contributed by atoms with E-state index in [0.717, 1.165) is 17.2 Å². The number of carbonyl (C=O) groups excluding carboxylic acids is 2. The minimum Gasteiger partial charge on any atom is -0.343 e. The summed E-state index contributed by atoms with van der Waals surface area (Å²) in [4.78, 5) is 25.0. The van der Waals surface area contributed by atoms with E-state index in [4.69, 9.17) is 0 Å². The standard InChI is InChI=1S/C15H16BrFN2O2/c1-3-13(20)18-7-14(21)19-8-11-10(6-9(19)2)4-5-12(17)15(11)16/h3-5,9H,1,6-8H2,2H3,(H,18,20). The molecule has 2 rings (SSSR count). The maximum Gasteiger partial charge on any atom is 0.243 e. The quantitative estimate of drug-likeness (QED) is 0.845. The number of benzene rings is 1. The van der Waals surface area contributed by atoms with Gasteiger partial charge in [-0.1, -0.05) is 12.6 Å². The van der Waals surface area contributed by atoms with Gasteiger partial charge in [-0.05, 0) is 52.5 Å². The van der Waals surface area contributed by atoms with E-state index in [-0.39, 0.29) is 30.2 Å². The number of nitrogens with zero attached hydrogens (tertiary/aromatic N) is 1. The van der Waals surface area contributed by atoms with Crippen molar-refractivity contribution in [3.8, 4) is 0 Å². The summed E-state index contributed by atoms with van der Waals surface area (Å²) < 4.78 is 14.0. The predicted molar refractivity (Wildman–Crippen MR) is 81.0 cm³/mol. The fraction of sp³-hybridized carbons (Fsp3) is 0.333. The molecule has 4 nitrogen and oxygen atoms in total. The maximum atomic E-state index is 13.6. The molecule has 1 aliphatic heterocycles. The second-order valence-electron chi connectivity index (χ2n) is 5.00. The van der Waals surface area contributed by atoms with Crippen molar-refractivity contribution in [1.29, 1.82) is 0 Å². The smallest absolute Gasteiger partial charge is 0.243 e. The van der Waals surface area contributed by atoms with Gasteiger partial charge in [0.2, 0.25) is 11.8 Å². The van der Waals surface area contributed by atoms with E-state index in [1.54, 1.807) is 11.0 Å². The third kappa shape index (κ3) is 3.32. The van der Waals surface area contributed by atoms with Crippen LogP contribution in [0.1, 0.15) is 18.1 Å².